The largest absolute Gasteiger partial charge is 0.389 e. The van der Waals surface area contributed by atoms with Crippen molar-refractivity contribution >= 4 is 23.0 Å². The molecule has 0 amide bonds. The average Bonchev–Trinajstić information content (AvgIpc) is 2.15. The number of hydrogen-bond donors (Lipinski definition) is 2. The van der Waals surface area contributed by atoms with Gasteiger partial charge in [0.2, 0.25) is 0 Å². The predicted molar refractivity (Wildman–Crippen MR) is 61.2 cm³/mol. The normalized spacial score (nSPS) is 10.2. The lowest BCUT2D eigenvalue weighted by atomic mass is 10.2. The van der Waals surface area contributed by atoms with E-state index < -0.39 is 0 Å². The molecule has 5 heteroatoms. The fourth-order valence-electron chi connectivity index (χ4n) is 0.962. The number of aromatic nitrogens is 2. The van der Waals surface area contributed by atoms with E-state index in [-0.39, 0.29) is 0 Å². The number of nitrogens with zero attached hydrogens (tertiary/aromatic N) is 2. The van der Waals surface area contributed by atoms with E-state index in [0.29, 0.717) is 16.7 Å². The highest BCUT2D eigenvalue weighted by Crippen LogP contribution is 2.10. The zero-order valence-corrected chi connectivity index (χ0v) is 9.14. The van der Waals surface area contributed by atoms with Crippen LogP contribution in [-0.2, 0) is 0 Å². The minimum absolute atomic E-state index is 0.339. The topological polar surface area (TPSA) is 63.8 Å². The molecule has 0 atom stereocenters. The highest BCUT2D eigenvalue weighted by Gasteiger charge is 2.06. The van der Waals surface area contributed by atoms with Gasteiger partial charge >= 0.3 is 0 Å². The van der Waals surface area contributed by atoms with Gasteiger partial charge in [0.05, 0.1) is 11.8 Å². The van der Waals surface area contributed by atoms with Gasteiger partial charge in [-0.15, -0.1) is 5.10 Å². The van der Waals surface area contributed by atoms with Gasteiger partial charge in [-0.25, -0.2) is 0 Å². The molecule has 1 rings (SSSR count). The van der Waals surface area contributed by atoms with E-state index in [9.17, 15) is 0 Å². The standard InChI is InChI=1S/C9H14N4S/c1-6(2)5-11-9-7(8(10)14)3-4-12-13-9/h3-4,6H,5H2,1-2H3,(H2,10,14)(H,11,13). The molecule has 1 aromatic rings. The third kappa shape index (κ3) is 2.92. The van der Waals surface area contributed by atoms with Crippen LogP contribution >= 0.6 is 12.2 Å². The summed E-state index contributed by atoms with van der Waals surface area (Å²) in [4.78, 5) is 0.339. The Morgan fingerprint density at radius 1 is 1.64 bits per heavy atom. The molecule has 0 unspecified atom stereocenters. The van der Waals surface area contributed by atoms with E-state index in [1.54, 1.807) is 12.3 Å². The maximum atomic E-state index is 5.54. The van der Waals surface area contributed by atoms with Crippen LogP contribution in [-0.4, -0.2) is 21.7 Å². The Morgan fingerprint density at radius 2 is 2.36 bits per heavy atom. The summed E-state index contributed by atoms with van der Waals surface area (Å²) in [5.74, 6) is 1.20. The Morgan fingerprint density at radius 3 is 2.93 bits per heavy atom. The number of nitrogens with two attached hydrogens (primary N) is 1. The van der Waals surface area contributed by atoms with Crippen LogP contribution in [0.1, 0.15) is 19.4 Å². The Balaban J connectivity index is 2.79. The average molecular weight is 210 g/mol. The lowest BCUT2D eigenvalue weighted by molar-refractivity contribution is 0.685. The van der Waals surface area contributed by atoms with E-state index in [2.05, 4.69) is 29.4 Å². The molecule has 4 nitrogen and oxygen atoms in total. The van der Waals surface area contributed by atoms with Crippen molar-refractivity contribution in [3.8, 4) is 0 Å². The Bertz CT molecular complexity index is 324. The summed E-state index contributed by atoms with van der Waals surface area (Å²) in [6.45, 7) is 5.06. The molecule has 76 valence electrons. The quantitative estimate of drug-likeness (QED) is 0.731. The van der Waals surface area contributed by atoms with Gasteiger partial charge in [0, 0.05) is 6.54 Å². The maximum Gasteiger partial charge on any atom is 0.158 e. The summed E-state index contributed by atoms with van der Waals surface area (Å²) in [6.07, 6.45) is 1.58. The first-order chi connectivity index (χ1) is 6.61. The van der Waals surface area contributed by atoms with Gasteiger partial charge in [-0.3, -0.25) is 0 Å². The summed E-state index contributed by atoms with van der Waals surface area (Å²) >= 11 is 4.90. The smallest absolute Gasteiger partial charge is 0.158 e. The lowest BCUT2D eigenvalue weighted by Gasteiger charge is -2.10. The van der Waals surface area contributed by atoms with Crippen molar-refractivity contribution in [2.75, 3.05) is 11.9 Å². The van der Waals surface area contributed by atoms with Crippen molar-refractivity contribution in [1.29, 1.82) is 0 Å². The van der Waals surface area contributed by atoms with Crippen LogP contribution in [0.4, 0.5) is 5.82 Å². The number of thiocarbonyl (C=S) groups is 1. The predicted octanol–water partition coefficient (Wildman–Crippen LogP) is 1.18. The van der Waals surface area contributed by atoms with Gasteiger partial charge in [0.25, 0.3) is 0 Å². The monoisotopic (exact) mass is 210 g/mol. The van der Waals surface area contributed by atoms with Crippen LogP contribution in [0.25, 0.3) is 0 Å². The first-order valence-electron chi connectivity index (χ1n) is 4.46. The molecule has 0 radical (unpaired) electrons. The first-order valence-corrected chi connectivity index (χ1v) is 4.87. The maximum absolute atomic E-state index is 5.54. The second-order valence-electron chi connectivity index (χ2n) is 3.43. The molecule has 0 aliphatic carbocycles. The van der Waals surface area contributed by atoms with E-state index in [0.717, 1.165) is 12.1 Å². The van der Waals surface area contributed by atoms with Crippen molar-refractivity contribution in [1.82, 2.24) is 10.2 Å². The van der Waals surface area contributed by atoms with Crippen LogP contribution in [0.2, 0.25) is 0 Å². The van der Waals surface area contributed by atoms with Crippen molar-refractivity contribution in [3.63, 3.8) is 0 Å². The molecule has 0 bridgehead atoms. The zero-order valence-electron chi connectivity index (χ0n) is 8.32. The molecule has 1 heterocycles. The molecular weight excluding hydrogens is 196 g/mol. The van der Waals surface area contributed by atoms with Gasteiger partial charge in [-0.1, -0.05) is 26.1 Å². The zero-order chi connectivity index (χ0) is 10.6. The molecule has 0 spiro atoms. The van der Waals surface area contributed by atoms with Crippen molar-refractivity contribution in [2.24, 2.45) is 11.7 Å². The van der Waals surface area contributed by atoms with Crippen LogP contribution in [0.3, 0.4) is 0 Å². The highest BCUT2D eigenvalue weighted by atomic mass is 32.1. The molecule has 0 saturated carbocycles. The molecule has 0 fully saturated rings. The van der Waals surface area contributed by atoms with Gasteiger partial charge < -0.3 is 11.1 Å². The molecule has 14 heavy (non-hydrogen) atoms. The molecule has 0 aromatic carbocycles. The van der Waals surface area contributed by atoms with E-state index >= 15 is 0 Å². The Kier molecular flexibility index (Phi) is 3.76. The Hall–Kier alpha value is -1.23. The van der Waals surface area contributed by atoms with Crippen molar-refractivity contribution < 1.29 is 0 Å². The van der Waals surface area contributed by atoms with E-state index in [1.165, 1.54) is 0 Å². The fourth-order valence-corrected chi connectivity index (χ4v) is 1.13. The summed E-state index contributed by atoms with van der Waals surface area (Å²) in [5.41, 5.74) is 6.29. The molecular formula is C9H14N4S. The van der Waals surface area contributed by atoms with Crippen LogP contribution in [0, 0.1) is 5.92 Å². The molecule has 3 N–H and O–H groups in total. The minimum atomic E-state index is 0.339. The molecule has 0 aliphatic heterocycles. The van der Waals surface area contributed by atoms with Gasteiger partial charge in [0.1, 0.15) is 4.99 Å². The van der Waals surface area contributed by atoms with Crippen LogP contribution < -0.4 is 11.1 Å². The number of nitrogens with one attached hydrogen (secondary N) is 1. The van der Waals surface area contributed by atoms with Crippen molar-refractivity contribution in [3.05, 3.63) is 17.8 Å². The summed E-state index contributed by atoms with van der Waals surface area (Å²) in [6, 6.07) is 1.76. The minimum Gasteiger partial charge on any atom is -0.389 e. The number of hydrogen-bond acceptors (Lipinski definition) is 4. The summed E-state index contributed by atoms with van der Waals surface area (Å²) in [5, 5.41) is 10.9. The van der Waals surface area contributed by atoms with E-state index in [1.807, 2.05) is 0 Å². The second kappa shape index (κ2) is 4.85. The summed E-state index contributed by atoms with van der Waals surface area (Å²) in [7, 11) is 0. The van der Waals surface area contributed by atoms with Gasteiger partial charge in [-0.2, -0.15) is 5.10 Å². The first kappa shape index (κ1) is 10.8. The number of rotatable bonds is 4. The third-order valence-corrected chi connectivity index (χ3v) is 1.88. The third-order valence-electron chi connectivity index (χ3n) is 1.66. The SMILES string of the molecule is CC(C)CNc1nnccc1C(N)=S. The lowest BCUT2D eigenvalue weighted by Crippen LogP contribution is -2.17. The van der Waals surface area contributed by atoms with Gasteiger partial charge in [-0.05, 0) is 12.0 Å². The summed E-state index contributed by atoms with van der Waals surface area (Å²) < 4.78 is 0. The van der Waals surface area contributed by atoms with Crippen molar-refractivity contribution in [2.45, 2.75) is 13.8 Å². The molecule has 0 saturated heterocycles. The van der Waals surface area contributed by atoms with Crippen LogP contribution in [0.5, 0.6) is 0 Å². The highest BCUT2D eigenvalue weighted by molar-refractivity contribution is 7.80. The van der Waals surface area contributed by atoms with Gasteiger partial charge in [0.15, 0.2) is 5.82 Å². The molecule has 1 aromatic heterocycles. The van der Waals surface area contributed by atoms with E-state index in [4.69, 9.17) is 18.0 Å². The van der Waals surface area contributed by atoms with Crippen LogP contribution in [0.15, 0.2) is 12.3 Å². The fraction of sp³-hybridized carbons (Fsp3) is 0.444. The molecule has 0 aliphatic rings. The Labute approximate surface area is 88.9 Å². The number of anilines is 1. The second-order valence-corrected chi connectivity index (χ2v) is 3.87.